The van der Waals surface area contributed by atoms with Gasteiger partial charge in [-0.05, 0) is 26.0 Å². The molecule has 0 saturated heterocycles. The van der Waals surface area contributed by atoms with Gasteiger partial charge >= 0.3 is 0 Å². The van der Waals surface area contributed by atoms with Crippen LogP contribution >= 0.6 is 0 Å². The average molecular weight is 136 g/mol. The third kappa shape index (κ3) is 1.85. The average Bonchev–Trinajstić information content (AvgIpc) is 1.94. The lowest BCUT2D eigenvalue weighted by molar-refractivity contribution is 0.164. The van der Waals surface area contributed by atoms with Gasteiger partial charge in [0.2, 0.25) is 0 Å². The van der Waals surface area contributed by atoms with E-state index < -0.39 is 5.60 Å². The zero-order chi connectivity index (χ0) is 7.61. The van der Waals surface area contributed by atoms with E-state index in [2.05, 4.69) is 0 Å². The summed E-state index contributed by atoms with van der Waals surface area (Å²) in [4.78, 5) is 0. The Morgan fingerprint density at radius 3 is 2.80 bits per heavy atom. The summed E-state index contributed by atoms with van der Waals surface area (Å²) in [5.74, 6) is 0. The monoisotopic (exact) mass is 136 g/mol. The van der Waals surface area contributed by atoms with E-state index in [-0.39, 0.29) is 0 Å². The maximum atomic E-state index is 9.47. The molecule has 1 unspecified atom stereocenters. The van der Waals surface area contributed by atoms with Crippen molar-refractivity contribution in [3.63, 3.8) is 0 Å². The minimum atomic E-state index is -0.770. The van der Waals surface area contributed by atoms with Crippen molar-refractivity contribution in [1.29, 1.82) is 0 Å². The molecule has 1 heteroatoms. The summed E-state index contributed by atoms with van der Waals surface area (Å²) >= 11 is 0. The molecule has 1 rings (SSSR count). The van der Waals surface area contributed by atoms with Crippen LogP contribution < -0.4 is 0 Å². The van der Waals surface area contributed by atoms with Crippen LogP contribution in [-0.2, 0) is 0 Å². The van der Waals surface area contributed by atoms with E-state index in [1.54, 1.807) is 19.1 Å². The Labute approximate surface area is 61.4 Å². The molecule has 1 N–H and O–H groups in total. The highest BCUT2D eigenvalue weighted by Crippen LogP contribution is 2.12. The van der Waals surface area contributed by atoms with E-state index in [0.29, 0.717) is 0 Å². The number of hydrogen-bond acceptors (Lipinski definition) is 1. The van der Waals surface area contributed by atoms with Crippen LogP contribution in [0.3, 0.4) is 0 Å². The van der Waals surface area contributed by atoms with Crippen LogP contribution in [0.15, 0.2) is 36.0 Å². The summed E-state index contributed by atoms with van der Waals surface area (Å²) in [6.07, 6.45) is 9.30. The van der Waals surface area contributed by atoms with Crippen molar-refractivity contribution in [2.75, 3.05) is 0 Å². The van der Waals surface area contributed by atoms with Crippen LogP contribution in [0.1, 0.15) is 13.8 Å². The zero-order valence-corrected chi connectivity index (χ0v) is 6.33. The molecule has 1 nitrogen and oxygen atoms in total. The van der Waals surface area contributed by atoms with Crippen LogP contribution in [0.4, 0.5) is 0 Å². The van der Waals surface area contributed by atoms with Crippen molar-refractivity contribution in [2.45, 2.75) is 19.4 Å². The van der Waals surface area contributed by atoms with Gasteiger partial charge in [0.1, 0.15) is 0 Å². The first-order valence-corrected chi connectivity index (χ1v) is 3.38. The summed E-state index contributed by atoms with van der Waals surface area (Å²) < 4.78 is 0. The van der Waals surface area contributed by atoms with Crippen molar-refractivity contribution in [2.24, 2.45) is 0 Å². The Kier molecular flexibility index (Phi) is 1.77. The van der Waals surface area contributed by atoms with Crippen LogP contribution in [0, 0.1) is 0 Å². The summed E-state index contributed by atoms with van der Waals surface area (Å²) in [5.41, 5.74) is 0.392. The van der Waals surface area contributed by atoms with Gasteiger partial charge in [-0.1, -0.05) is 23.8 Å². The van der Waals surface area contributed by atoms with Crippen LogP contribution in [0.2, 0.25) is 0 Å². The highest BCUT2D eigenvalue weighted by molar-refractivity contribution is 5.30. The van der Waals surface area contributed by atoms with Gasteiger partial charge in [0, 0.05) is 0 Å². The first-order valence-electron chi connectivity index (χ1n) is 3.38. The number of allylic oxidation sites excluding steroid dienone is 4. The molecule has 1 atom stereocenters. The number of rotatable bonds is 0. The van der Waals surface area contributed by atoms with Gasteiger partial charge in [-0.3, -0.25) is 0 Å². The molecule has 0 radical (unpaired) electrons. The maximum absolute atomic E-state index is 9.47. The molecule has 1 aliphatic carbocycles. The summed E-state index contributed by atoms with van der Waals surface area (Å²) in [6, 6.07) is 0. The largest absolute Gasteiger partial charge is 0.382 e. The fourth-order valence-electron chi connectivity index (χ4n) is 0.806. The number of hydrogen-bond donors (Lipinski definition) is 1. The van der Waals surface area contributed by atoms with Crippen molar-refractivity contribution >= 4 is 0 Å². The van der Waals surface area contributed by atoms with Crippen molar-refractivity contribution < 1.29 is 5.11 Å². The predicted molar refractivity (Wildman–Crippen MR) is 42.7 cm³/mol. The summed E-state index contributed by atoms with van der Waals surface area (Å²) in [6.45, 7) is 3.76. The Morgan fingerprint density at radius 1 is 1.40 bits per heavy atom. The molecule has 10 heavy (non-hydrogen) atoms. The number of aliphatic hydroxyl groups is 1. The van der Waals surface area contributed by atoms with Gasteiger partial charge in [-0.25, -0.2) is 0 Å². The first-order chi connectivity index (χ1) is 4.60. The van der Waals surface area contributed by atoms with E-state index in [1.165, 1.54) is 0 Å². The minimum absolute atomic E-state index is 0.770. The molecule has 0 amide bonds. The predicted octanol–water partition coefficient (Wildman–Crippen LogP) is 1.81. The highest BCUT2D eigenvalue weighted by atomic mass is 16.3. The van der Waals surface area contributed by atoms with Crippen LogP contribution in [0.25, 0.3) is 0 Å². The summed E-state index contributed by atoms with van der Waals surface area (Å²) in [5, 5.41) is 9.47. The maximum Gasteiger partial charge on any atom is 0.0986 e. The molecular formula is C9H12O. The quantitative estimate of drug-likeness (QED) is 0.538. The molecule has 0 spiro atoms. The van der Waals surface area contributed by atoms with E-state index in [0.717, 1.165) is 5.57 Å². The smallest absolute Gasteiger partial charge is 0.0986 e. The SMILES string of the molecule is CC1=CC=CC(C)(O)C=C1. The fourth-order valence-corrected chi connectivity index (χ4v) is 0.806. The molecule has 0 aromatic carbocycles. The Morgan fingerprint density at radius 2 is 2.10 bits per heavy atom. The van der Waals surface area contributed by atoms with Crippen LogP contribution in [0.5, 0.6) is 0 Å². The Bertz CT molecular complexity index is 207. The van der Waals surface area contributed by atoms with Crippen LogP contribution in [-0.4, -0.2) is 10.7 Å². The Balaban J connectivity index is 2.88. The minimum Gasteiger partial charge on any atom is -0.382 e. The van der Waals surface area contributed by atoms with E-state index in [9.17, 15) is 5.11 Å². The molecule has 0 aliphatic heterocycles. The van der Waals surface area contributed by atoms with E-state index >= 15 is 0 Å². The van der Waals surface area contributed by atoms with Crippen molar-refractivity contribution in [3.05, 3.63) is 36.0 Å². The van der Waals surface area contributed by atoms with Gasteiger partial charge in [-0.15, -0.1) is 0 Å². The lowest BCUT2D eigenvalue weighted by Gasteiger charge is -2.10. The normalized spacial score (nSPS) is 31.7. The van der Waals surface area contributed by atoms with Gasteiger partial charge in [0.05, 0.1) is 5.60 Å². The van der Waals surface area contributed by atoms with E-state index in [1.807, 2.05) is 25.2 Å². The summed E-state index contributed by atoms with van der Waals surface area (Å²) in [7, 11) is 0. The van der Waals surface area contributed by atoms with Gasteiger partial charge < -0.3 is 5.11 Å². The molecule has 0 aromatic rings. The standard InChI is InChI=1S/C9H12O/c1-8-4-3-6-9(2,10)7-5-8/h3-7,10H,1-2H3. The lowest BCUT2D eigenvalue weighted by atomic mass is 10.1. The van der Waals surface area contributed by atoms with Gasteiger partial charge in [0.15, 0.2) is 0 Å². The zero-order valence-electron chi connectivity index (χ0n) is 6.33. The third-order valence-electron chi connectivity index (χ3n) is 1.48. The molecule has 54 valence electrons. The molecule has 0 aromatic heterocycles. The molecular weight excluding hydrogens is 124 g/mol. The Hall–Kier alpha value is -0.820. The van der Waals surface area contributed by atoms with Crippen molar-refractivity contribution in [1.82, 2.24) is 0 Å². The molecule has 0 heterocycles. The van der Waals surface area contributed by atoms with Gasteiger partial charge in [-0.2, -0.15) is 0 Å². The second-order valence-electron chi connectivity index (χ2n) is 2.83. The first kappa shape index (κ1) is 7.29. The second kappa shape index (κ2) is 2.43. The highest BCUT2D eigenvalue weighted by Gasteiger charge is 2.10. The fraction of sp³-hybridized carbons (Fsp3) is 0.333. The van der Waals surface area contributed by atoms with E-state index in [4.69, 9.17) is 0 Å². The topological polar surface area (TPSA) is 20.2 Å². The molecule has 1 aliphatic rings. The second-order valence-corrected chi connectivity index (χ2v) is 2.83. The lowest BCUT2D eigenvalue weighted by Crippen LogP contribution is -2.15. The van der Waals surface area contributed by atoms with Gasteiger partial charge in [0.25, 0.3) is 0 Å². The molecule has 0 saturated carbocycles. The third-order valence-corrected chi connectivity index (χ3v) is 1.48. The van der Waals surface area contributed by atoms with Crippen molar-refractivity contribution in [3.8, 4) is 0 Å². The molecule has 0 bridgehead atoms. The molecule has 0 fully saturated rings.